The molecule has 0 saturated carbocycles. The van der Waals surface area contributed by atoms with E-state index in [0.29, 0.717) is 6.04 Å². The highest BCUT2D eigenvalue weighted by molar-refractivity contribution is 5.22. The van der Waals surface area contributed by atoms with Gasteiger partial charge in [0, 0.05) is 19.7 Å². The van der Waals surface area contributed by atoms with Crippen molar-refractivity contribution < 1.29 is 4.74 Å². The van der Waals surface area contributed by atoms with E-state index in [0.717, 1.165) is 26.1 Å². The summed E-state index contributed by atoms with van der Waals surface area (Å²) in [6, 6.07) is 9.34. The first-order valence-electron chi connectivity index (χ1n) is 6.59. The van der Waals surface area contributed by atoms with Gasteiger partial charge in [-0.15, -0.1) is 0 Å². The van der Waals surface area contributed by atoms with Crippen molar-refractivity contribution in [2.45, 2.75) is 25.9 Å². The lowest BCUT2D eigenvalue weighted by Crippen LogP contribution is -2.32. The number of benzene rings is 1. The van der Waals surface area contributed by atoms with Gasteiger partial charge in [0.15, 0.2) is 0 Å². The van der Waals surface area contributed by atoms with Gasteiger partial charge in [0.25, 0.3) is 0 Å². The summed E-state index contributed by atoms with van der Waals surface area (Å²) in [6.45, 7) is 4.96. The molecule has 3 heteroatoms. The van der Waals surface area contributed by atoms with Crippen LogP contribution in [0.4, 0.5) is 0 Å². The summed E-state index contributed by atoms with van der Waals surface area (Å²) in [4.78, 5) is 2.31. The van der Waals surface area contributed by atoms with E-state index in [1.807, 2.05) is 7.05 Å². The molecule has 0 aliphatic heterocycles. The van der Waals surface area contributed by atoms with Crippen LogP contribution in [0.2, 0.25) is 0 Å². The van der Waals surface area contributed by atoms with Crippen molar-refractivity contribution in [1.82, 2.24) is 10.2 Å². The number of hydrogen-bond donors (Lipinski definition) is 1. The Hall–Kier alpha value is -0.900. The zero-order valence-electron chi connectivity index (χ0n) is 12.1. The first-order chi connectivity index (χ1) is 8.67. The van der Waals surface area contributed by atoms with Crippen LogP contribution in [0, 0.1) is 0 Å². The molecule has 0 amide bonds. The van der Waals surface area contributed by atoms with E-state index in [4.69, 9.17) is 4.74 Å². The van der Waals surface area contributed by atoms with Crippen LogP contribution in [0.15, 0.2) is 24.3 Å². The summed E-state index contributed by atoms with van der Waals surface area (Å²) in [6.07, 6.45) is 1.09. The van der Waals surface area contributed by atoms with Crippen molar-refractivity contribution in [2.24, 2.45) is 0 Å². The molecule has 1 aromatic carbocycles. The van der Waals surface area contributed by atoms with Gasteiger partial charge in [-0.1, -0.05) is 24.3 Å². The third-order valence-electron chi connectivity index (χ3n) is 3.28. The highest BCUT2D eigenvalue weighted by Crippen LogP contribution is 2.09. The van der Waals surface area contributed by atoms with Crippen LogP contribution in [0.25, 0.3) is 0 Å². The predicted octanol–water partition coefficient (Wildman–Crippen LogP) is 1.92. The van der Waals surface area contributed by atoms with Crippen LogP contribution in [0.3, 0.4) is 0 Å². The molecule has 1 atom stereocenters. The predicted molar refractivity (Wildman–Crippen MR) is 76.9 cm³/mol. The van der Waals surface area contributed by atoms with Crippen LogP contribution in [-0.2, 0) is 17.7 Å². The summed E-state index contributed by atoms with van der Waals surface area (Å²) < 4.78 is 5.18. The molecule has 3 nitrogen and oxygen atoms in total. The lowest BCUT2D eigenvalue weighted by molar-refractivity contribution is 0.112. The van der Waals surface area contributed by atoms with Crippen LogP contribution in [0.1, 0.15) is 18.1 Å². The van der Waals surface area contributed by atoms with Crippen molar-refractivity contribution >= 4 is 0 Å². The monoisotopic (exact) mass is 250 g/mol. The van der Waals surface area contributed by atoms with E-state index in [-0.39, 0.29) is 0 Å². The normalized spacial score (nSPS) is 12.9. The zero-order valence-corrected chi connectivity index (χ0v) is 12.1. The van der Waals surface area contributed by atoms with Crippen molar-refractivity contribution in [1.29, 1.82) is 0 Å². The van der Waals surface area contributed by atoms with Crippen LogP contribution in [-0.4, -0.2) is 45.3 Å². The molecular formula is C15H26N2O. The Labute approximate surface area is 111 Å². The van der Waals surface area contributed by atoms with E-state index in [2.05, 4.69) is 48.5 Å². The Kier molecular flexibility index (Phi) is 6.94. The molecule has 0 bridgehead atoms. The molecule has 18 heavy (non-hydrogen) atoms. The third-order valence-corrected chi connectivity index (χ3v) is 3.28. The lowest BCUT2D eigenvalue weighted by atomic mass is 10.1. The van der Waals surface area contributed by atoms with Gasteiger partial charge in [0.05, 0.1) is 6.61 Å². The topological polar surface area (TPSA) is 24.5 Å². The maximum atomic E-state index is 5.18. The smallest absolute Gasteiger partial charge is 0.0615 e. The summed E-state index contributed by atoms with van der Waals surface area (Å²) in [7, 11) is 5.88. The average Bonchev–Trinajstić information content (AvgIpc) is 2.38. The molecule has 0 fully saturated rings. The quantitative estimate of drug-likeness (QED) is 0.763. The Morgan fingerprint density at radius 2 is 1.83 bits per heavy atom. The molecule has 0 heterocycles. The SMILES string of the molecule is CNCCc1ccc(CN(C)C(C)COC)cc1. The van der Waals surface area contributed by atoms with Gasteiger partial charge < -0.3 is 10.1 Å². The van der Waals surface area contributed by atoms with Crippen molar-refractivity contribution in [3.8, 4) is 0 Å². The summed E-state index contributed by atoms with van der Waals surface area (Å²) in [5.41, 5.74) is 2.74. The Morgan fingerprint density at radius 1 is 1.22 bits per heavy atom. The number of hydrogen-bond acceptors (Lipinski definition) is 3. The second kappa shape index (κ2) is 8.25. The standard InChI is InChI=1S/C15H26N2O/c1-13(12-18-4)17(3)11-15-7-5-14(6-8-15)9-10-16-2/h5-8,13,16H,9-12H2,1-4H3. The average molecular weight is 250 g/mol. The van der Waals surface area contributed by atoms with Gasteiger partial charge in [0.1, 0.15) is 0 Å². The number of nitrogens with one attached hydrogen (secondary N) is 1. The van der Waals surface area contributed by atoms with Crippen molar-refractivity contribution in [3.63, 3.8) is 0 Å². The first kappa shape index (κ1) is 15.2. The number of likely N-dealkylation sites (N-methyl/N-ethyl adjacent to an activating group) is 2. The molecule has 1 N–H and O–H groups in total. The zero-order chi connectivity index (χ0) is 13.4. The largest absolute Gasteiger partial charge is 0.383 e. The third kappa shape index (κ3) is 5.17. The summed E-state index contributed by atoms with van der Waals surface area (Å²) >= 11 is 0. The maximum Gasteiger partial charge on any atom is 0.0615 e. The lowest BCUT2D eigenvalue weighted by Gasteiger charge is -2.24. The van der Waals surface area contributed by atoms with Crippen LogP contribution >= 0.6 is 0 Å². The fraction of sp³-hybridized carbons (Fsp3) is 0.600. The number of nitrogens with zero attached hydrogens (tertiary/aromatic N) is 1. The second-order valence-electron chi connectivity index (χ2n) is 4.89. The highest BCUT2D eigenvalue weighted by atomic mass is 16.5. The number of rotatable bonds is 8. The minimum atomic E-state index is 0.443. The molecular weight excluding hydrogens is 224 g/mol. The van der Waals surface area contributed by atoms with E-state index >= 15 is 0 Å². The molecule has 0 spiro atoms. The molecule has 1 aromatic rings. The van der Waals surface area contributed by atoms with E-state index < -0.39 is 0 Å². The van der Waals surface area contributed by atoms with Gasteiger partial charge in [0.2, 0.25) is 0 Å². The van der Waals surface area contributed by atoms with Gasteiger partial charge in [-0.25, -0.2) is 0 Å². The Balaban J connectivity index is 2.47. The molecule has 0 radical (unpaired) electrons. The number of ether oxygens (including phenoxy) is 1. The fourth-order valence-electron chi connectivity index (χ4n) is 1.89. The fourth-order valence-corrected chi connectivity index (χ4v) is 1.89. The molecule has 1 unspecified atom stereocenters. The Morgan fingerprint density at radius 3 is 2.39 bits per heavy atom. The van der Waals surface area contributed by atoms with Crippen LogP contribution in [0.5, 0.6) is 0 Å². The number of methoxy groups -OCH3 is 1. The van der Waals surface area contributed by atoms with Gasteiger partial charge in [-0.05, 0) is 45.1 Å². The van der Waals surface area contributed by atoms with Crippen molar-refractivity contribution in [3.05, 3.63) is 35.4 Å². The minimum Gasteiger partial charge on any atom is -0.383 e. The molecule has 0 aromatic heterocycles. The Bertz CT molecular complexity index is 324. The van der Waals surface area contributed by atoms with Gasteiger partial charge >= 0.3 is 0 Å². The molecule has 0 aliphatic carbocycles. The summed E-state index contributed by atoms with van der Waals surface area (Å²) in [5.74, 6) is 0. The molecule has 102 valence electrons. The van der Waals surface area contributed by atoms with Gasteiger partial charge in [-0.2, -0.15) is 0 Å². The van der Waals surface area contributed by atoms with E-state index in [1.54, 1.807) is 7.11 Å². The van der Waals surface area contributed by atoms with E-state index in [1.165, 1.54) is 11.1 Å². The van der Waals surface area contributed by atoms with E-state index in [9.17, 15) is 0 Å². The second-order valence-corrected chi connectivity index (χ2v) is 4.89. The van der Waals surface area contributed by atoms with Gasteiger partial charge in [-0.3, -0.25) is 4.90 Å². The maximum absolute atomic E-state index is 5.18. The van der Waals surface area contributed by atoms with Crippen molar-refractivity contribution in [2.75, 3.05) is 34.4 Å². The minimum absolute atomic E-state index is 0.443. The molecule has 0 saturated heterocycles. The first-order valence-corrected chi connectivity index (χ1v) is 6.59. The highest BCUT2D eigenvalue weighted by Gasteiger charge is 2.08. The van der Waals surface area contributed by atoms with Crippen LogP contribution < -0.4 is 5.32 Å². The summed E-state index contributed by atoms with van der Waals surface area (Å²) in [5, 5.41) is 3.17. The molecule has 0 aliphatic rings. The molecule has 1 rings (SSSR count).